The molecule has 0 aromatic rings. The van der Waals surface area contributed by atoms with Crippen molar-refractivity contribution in [1.29, 1.82) is 0 Å². The van der Waals surface area contributed by atoms with Crippen LogP contribution in [0, 0.1) is 5.92 Å². The fourth-order valence-corrected chi connectivity index (χ4v) is 7.47. The van der Waals surface area contributed by atoms with Gasteiger partial charge in [-0.3, -0.25) is 4.90 Å². The van der Waals surface area contributed by atoms with Crippen LogP contribution in [-0.2, 0) is 4.43 Å². The average molecular weight is 345 g/mol. The van der Waals surface area contributed by atoms with Crippen molar-refractivity contribution in [2.45, 2.75) is 71.1 Å². The average Bonchev–Trinajstić information content (AvgIpc) is 2.36. The van der Waals surface area contributed by atoms with Gasteiger partial charge in [-0.05, 0) is 45.8 Å². The maximum atomic E-state index is 5.75. The smallest absolute Gasteiger partial charge is 0.186 e. The maximum Gasteiger partial charge on any atom is 0.186 e. The van der Waals surface area contributed by atoms with E-state index in [1.807, 2.05) is 7.11 Å². The molecular formula is C17H40N2OSi2. The van der Waals surface area contributed by atoms with E-state index in [-0.39, 0.29) is 0 Å². The van der Waals surface area contributed by atoms with Gasteiger partial charge in [0.2, 0.25) is 0 Å². The molecule has 2 unspecified atom stereocenters. The van der Waals surface area contributed by atoms with Crippen LogP contribution in [0.15, 0.2) is 0 Å². The molecule has 1 aliphatic heterocycles. The van der Waals surface area contributed by atoms with Crippen LogP contribution in [-0.4, -0.2) is 71.4 Å². The highest BCUT2D eigenvalue weighted by Gasteiger charge is 2.35. The number of hydrogen-bond acceptors (Lipinski definition) is 3. The standard InChI is InChI=1S/C17H40N2OSi2/c1-15(14-22(8,9)20-5)12-18-10-11-19(17(2,3)4)13-16(18)21(6)7/h15-16,21H,10-14H2,1-9H3. The highest BCUT2D eigenvalue weighted by molar-refractivity contribution is 6.71. The number of rotatable bonds is 6. The normalized spacial score (nSPS) is 24.0. The Bertz CT molecular complexity index is 342. The number of piperazine rings is 1. The summed E-state index contributed by atoms with van der Waals surface area (Å²) in [6.45, 7) is 24.2. The molecule has 0 N–H and O–H groups in total. The second kappa shape index (κ2) is 7.92. The van der Waals surface area contributed by atoms with E-state index in [1.54, 1.807) is 0 Å². The maximum absolute atomic E-state index is 5.75. The predicted octanol–water partition coefficient (Wildman–Crippen LogP) is 3.28. The summed E-state index contributed by atoms with van der Waals surface area (Å²) < 4.78 is 5.75. The van der Waals surface area contributed by atoms with Crippen LogP contribution in [0.2, 0.25) is 32.2 Å². The molecule has 1 rings (SSSR count). The SMILES string of the molecule is CO[Si](C)(C)CC(C)CN1CCN(C(C)(C)C)CC1[SiH](C)C. The third-order valence-electron chi connectivity index (χ3n) is 5.19. The van der Waals surface area contributed by atoms with Crippen LogP contribution < -0.4 is 0 Å². The van der Waals surface area contributed by atoms with Gasteiger partial charge in [0.25, 0.3) is 0 Å². The number of nitrogens with zero attached hydrogens (tertiary/aromatic N) is 2. The van der Waals surface area contributed by atoms with Crippen LogP contribution in [0.1, 0.15) is 27.7 Å². The molecule has 0 aromatic heterocycles. The summed E-state index contributed by atoms with van der Waals surface area (Å²) in [6, 6.07) is 1.27. The van der Waals surface area contributed by atoms with Gasteiger partial charge in [-0.15, -0.1) is 0 Å². The minimum atomic E-state index is -1.44. The Morgan fingerprint density at radius 1 is 1.23 bits per heavy atom. The molecule has 1 saturated heterocycles. The van der Waals surface area contributed by atoms with Gasteiger partial charge in [-0.2, -0.15) is 0 Å². The minimum Gasteiger partial charge on any atom is -0.420 e. The molecule has 1 aliphatic rings. The molecule has 0 aromatic carbocycles. The fraction of sp³-hybridized carbons (Fsp3) is 1.00. The van der Waals surface area contributed by atoms with Gasteiger partial charge >= 0.3 is 0 Å². The molecule has 132 valence electrons. The zero-order valence-electron chi connectivity index (χ0n) is 16.6. The molecular weight excluding hydrogens is 304 g/mol. The van der Waals surface area contributed by atoms with Crippen molar-refractivity contribution in [2.75, 3.05) is 33.3 Å². The number of hydrogen-bond donors (Lipinski definition) is 0. The van der Waals surface area contributed by atoms with Crippen LogP contribution in [0.4, 0.5) is 0 Å². The summed E-state index contributed by atoms with van der Waals surface area (Å²) in [4.78, 5) is 5.50. The first-order chi connectivity index (χ1) is 9.96. The van der Waals surface area contributed by atoms with E-state index in [0.29, 0.717) is 5.54 Å². The molecule has 0 aliphatic carbocycles. The first-order valence-electron chi connectivity index (χ1n) is 9.00. The lowest BCUT2D eigenvalue weighted by molar-refractivity contribution is 0.0412. The lowest BCUT2D eigenvalue weighted by Crippen LogP contribution is -2.62. The Morgan fingerprint density at radius 3 is 2.27 bits per heavy atom. The van der Waals surface area contributed by atoms with E-state index >= 15 is 0 Å². The van der Waals surface area contributed by atoms with Crippen molar-refractivity contribution in [1.82, 2.24) is 9.80 Å². The molecule has 0 bridgehead atoms. The third-order valence-corrected chi connectivity index (χ3v) is 10.1. The van der Waals surface area contributed by atoms with Gasteiger partial charge in [0.05, 0.1) is 8.80 Å². The highest BCUT2D eigenvalue weighted by Crippen LogP contribution is 2.24. The van der Waals surface area contributed by atoms with Crippen molar-refractivity contribution in [3.8, 4) is 0 Å². The van der Waals surface area contributed by atoms with Gasteiger partial charge in [-0.25, -0.2) is 0 Å². The Balaban J connectivity index is 2.66. The largest absolute Gasteiger partial charge is 0.420 e. The van der Waals surface area contributed by atoms with E-state index < -0.39 is 17.1 Å². The van der Waals surface area contributed by atoms with Crippen LogP contribution in [0.5, 0.6) is 0 Å². The van der Waals surface area contributed by atoms with Gasteiger partial charge in [0.15, 0.2) is 8.32 Å². The predicted molar refractivity (Wildman–Crippen MR) is 104 cm³/mol. The molecule has 0 spiro atoms. The summed E-state index contributed by atoms with van der Waals surface area (Å²) in [5, 5.41) is 0. The Morgan fingerprint density at radius 2 is 1.82 bits per heavy atom. The zero-order chi connectivity index (χ0) is 17.1. The van der Waals surface area contributed by atoms with Crippen molar-refractivity contribution in [3.63, 3.8) is 0 Å². The quantitative estimate of drug-likeness (QED) is 0.688. The summed E-state index contributed by atoms with van der Waals surface area (Å²) in [7, 11) is -0.224. The van der Waals surface area contributed by atoms with E-state index in [9.17, 15) is 0 Å². The second-order valence-electron chi connectivity index (χ2n) is 9.20. The van der Waals surface area contributed by atoms with E-state index in [0.717, 1.165) is 11.6 Å². The van der Waals surface area contributed by atoms with Crippen molar-refractivity contribution in [2.24, 2.45) is 5.92 Å². The van der Waals surface area contributed by atoms with Gasteiger partial charge in [0, 0.05) is 44.5 Å². The summed E-state index contributed by atoms with van der Waals surface area (Å²) in [5.41, 5.74) is 1.13. The fourth-order valence-electron chi connectivity index (χ4n) is 3.70. The topological polar surface area (TPSA) is 15.7 Å². The summed E-state index contributed by atoms with van der Waals surface area (Å²) >= 11 is 0. The van der Waals surface area contributed by atoms with Gasteiger partial charge in [-0.1, -0.05) is 20.0 Å². The zero-order valence-corrected chi connectivity index (χ0v) is 18.7. The molecule has 1 fully saturated rings. The van der Waals surface area contributed by atoms with Crippen LogP contribution in [0.25, 0.3) is 0 Å². The lowest BCUT2D eigenvalue weighted by atomic mass is 10.0. The van der Waals surface area contributed by atoms with Gasteiger partial charge < -0.3 is 9.33 Å². The molecule has 0 saturated carbocycles. The molecule has 1 heterocycles. The van der Waals surface area contributed by atoms with Crippen molar-refractivity contribution in [3.05, 3.63) is 0 Å². The summed E-state index contributed by atoms with van der Waals surface area (Å²) in [5.74, 6) is 0.748. The van der Waals surface area contributed by atoms with Crippen molar-refractivity contribution >= 4 is 17.1 Å². The van der Waals surface area contributed by atoms with E-state index in [1.165, 1.54) is 32.2 Å². The van der Waals surface area contributed by atoms with E-state index in [2.05, 4.69) is 63.7 Å². The van der Waals surface area contributed by atoms with Crippen LogP contribution in [0.3, 0.4) is 0 Å². The third kappa shape index (κ3) is 6.08. The van der Waals surface area contributed by atoms with E-state index in [4.69, 9.17) is 4.43 Å². The molecule has 3 nitrogen and oxygen atoms in total. The monoisotopic (exact) mass is 344 g/mol. The lowest BCUT2D eigenvalue weighted by Gasteiger charge is -2.49. The second-order valence-corrected chi connectivity index (χ2v) is 16.8. The Labute approximate surface area is 142 Å². The highest BCUT2D eigenvalue weighted by atomic mass is 28.4. The molecule has 22 heavy (non-hydrogen) atoms. The van der Waals surface area contributed by atoms with Crippen molar-refractivity contribution < 1.29 is 4.43 Å². The first kappa shape index (κ1) is 20.4. The van der Waals surface area contributed by atoms with Crippen LogP contribution >= 0.6 is 0 Å². The molecule has 2 atom stereocenters. The Kier molecular flexibility index (Phi) is 7.33. The Hall–Kier alpha value is 0.314. The molecule has 5 heteroatoms. The molecule has 0 amide bonds. The minimum absolute atomic E-state index is 0.310. The first-order valence-corrected chi connectivity index (χ1v) is 15.1. The summed E-state index contributed by atoms with van der Waals surface area (Å²) in [6.07, 6.45) is 0. The molecule has 0 radical (unpaired) electrons. The van der Waals surface area contributed by atoms with Gasteiger partial charge in [0.1, 0.15) is 0 Å².